The molecule has 470 valence electrons. The van der Waals surface area contributed by atoms with Crippen LogP contribution in [-0.2, 0) is 5.41 Å². The lowest BCUT2D eigenvalue weighted by Crippen LogP contribution is -2.15. The fourth-order valence-electron chi connectivity index (χ4n) is 19.2. The molecule has 0 spiro atoms. The van der Waals surface area contributed by atoms with E-state index in [4.69, 9.17) is 4.42 Å². The van der Waals surface area contributed by atoms with Crippen LogP contribution in [0.5, 0.6) is 0 Å². The van der Waals surface area contributed by atoms with Gasteiger partial charge in [-0.2, -0.15) is 0 Å². The van der Waals surface area contributed by atoms with Crippen LogP contribution in [-0.4, -0.2) is 8.80 Å². The fourth-order valence-corrected chi connectivity index (χ4v) is 19.2. The van der Waals surface area contributed by atoms with Crippen LogP contribution in [0.1, 0.15) is 112 Å². The van der Waals surface area contributed by atoms with E-state index in [0.717, 1.165) is 45.0 Å². The largest absolute Gasteiger partial charge is 0.454 e. The lowest BCUT2D eigenvalue weighted by atomic mass is 9.78. The van der Waals surface area contributed by atoms with Crippen LogP contribution < -0.4 is 9.80 Å². The monoisotopic (exact) mass is 1260 g/mol. The Morgan fingerprint density at radius 1 is 0.327 bits per heavy atom. The molecule has 5 aromatic heterocycles. The average molecular weight is 1260 g/mol. The molecule has 3 aliphatic carbocycles. The maximum absolute atomic E-state index is 7.26. The second kappa shape index (κ2) is 21.4. The van der Waals surface area contributed by atoms with Gasteiger partial charge in [-0.3, -0.25) is 0 Å². The number of para-hydroxylation sites is 6. The summed E-state index contributed by atoms with van der Waals surface area (Å²) in [5, 5.41) is 12.3. The predicted octanol–water partition coefficient (Wildman–Crippen LogP) is 26.6. The van der Waals surface area contributed by atoms with E-state index in [9.17, 15) is 0 Å². The van der Waals surface area contributed by atoms with Gasteiger partial charge < -0.3 is 23.0 Å². The smallest absolute Gasteiger partial charge is 0.159 e. The Balaban J connectivity index is 0.799. The van der Waals surface area contributed by atoms with Gasteiger partial charge in [-0.25, -0.2) is 0 Å². The second-order valence-electron chi connectivity index (χ2n) is 29.0. The number of furan rings is 1. The Morgan fingerprint density at radius 2 is 0.776 bits per heavy atom. The molecule has 0 amide bonds. The molecule has 5 nitrogen and oxygen atoms in total. The maximum Gasteiger partial charge on any atom is 0.159 e. The van der Waals surface area contributed by atoms with E-state index in [1.807, 2.05) is 0 Å². The van der Waals surface area contributed by atoms with E-state index in [-0.39, 0.29) is 5.41 Å². The summed E-state index contributed by atoms with van der Waals surface area (Å²) in [5.41, 5.74) is 29.3. The molecule has 98 heavy (non-hydrogen) atoms. The predicted molar refractivity (Wildman–Crippen MR) is 412 cm³/mol. The van der Waals surface area contributed by atoms with Crippen LogP contribution in [0.2, 0.25) is 0 Å². The number of rotatable bonds is 10. The van der Waals surface area contributed by atoms with Crippen LogP contribution in [0.4, 0.5) is 34.1 Å². The highest BCUT2D eigenvalue weighted by Gasteiger charge is 2.39. The minimum Gasteiger partial charge on any atom is -0.454 e. The zero-order chi connectivity index (χ0) is 64.5. The first kappa shape index (κ1) is 56.1. The Labute approximate surface area is 569 Å². The molecule has 13 aromatic carbocycles. The summed E-state index contributed by atoms with van der Waals surface area (Å²) in [6.07, 6.45) is 12.8. The zero-order valence-electron chi connectivity index (χ0n) is 55.3. The third kappa shape index (κ3) is 7.96. The van der Waals surface area contributed by atoms with Crippen molar-refractivity contribution in [2.24, 2.45) is 0 Å². The fraction of sp³-hybridized carbons (Fsp3) is 0.161. The highest BCUT2D eigenvalue weighted by molar-refractivity contribution is 6.38. The van der Waals surface area contributed by atoms with Crippen molar-refractivity contribution in [2.45, 2.75) is 95.3 Å². The van der Waals surface area contributed by atoms with Gasteiger partial charge in [0.2, 0.25) is 0 Å². The molecule has 0 saturated heterocycles. The van der Waals surface area contributed by atoms with Gasteiger partial charge in [0.25, 0.3) is 0 Å². The SMILES string of the molecule is CC1(C)c2ccc(N(c3ccccc3)c3ccc4c(c3)c3cccc5c6c(-c7ccccc7)c7c(c(-c8ccccc8)c6n4c35)c3cccc4c5cc(N(c6ccccc6)c6cccc8c6oc6c(C9CCCCC9)cccc68)ccc5n7c43)cc2-c2c(C3CCCCC3)cccc21. The topological polar surface area (TPSA) is 28.4 Å². The number of hydrogen-bond acceptors (Lipinski definition) is 3. The number of benzene rings is 13. The average Bonchev–Trinajstić information content (AvgIpc) is 1.50. The molecule has 0 aliphatic heterocycles. The quantitative estimate of drug-likeness (QED) is 0.137. The molecule has 5 heteroatoms. The lowest BCUT2D eigenvalue weighted by molar-refractivity contribution is 0.442. The molecule has 0 N–H and O–H groups in total. The van der Waals surface area contributed by atoms with Gasteiger partial charge >= 0.3 is 0 Å². The van der Waals surface area contributed by atoms with Gasteiger partial charge in [0, 0.05) is 98.8 Å². The standard InChI is InChI=1S/C93H72N4O/c1-93(2)77-51-48-63(56-76(77)84-66(38-24-46-78(84)93)57-26-9-3-10-27-57)94(61-34-17-7-18-35-61)64-49-52-79-74(54-64)68-40-22-44-72-85-83(60-32-15-6-16-33-60)90-86(82(59-30-13-5-14-31-59)89(85)96(79)87(68)72)73-45-23-41-69-75-55-65(50-53-80(75)97(90)88(69)73)95(62-36-19-8-20-37-62)81-47-25-43-71-70-42-21-39-67(91(70)98-92(71)81)58-28-11-4-12-29-58/h5-8,13-25,30-58H,3-4,9-12,26-29H2,1-2H3. The first-order chi connectivity index (χ1) is 48.4. The van der Waals surface area contributed by atoms with Crippen LogP contribution in [0.15, 0.2) is 271 Å². The summed E-state index contributed by atoms with van der Waals surface area (Å²) in [7, 11) is 0. The van der Waals surface area contributed by atoms with E-state index < -0.39 is 0 Å². The van der Waals surface area contributed by atoms with Crippen LogP contribution in [0, 0.1) is 0 Å². The van der Waals surface area contributed by atoms with E-state index in [0.29, 0.717) is 11.8 Å². The minimum absolute atomic E-state index is 0.0976. The van der Waals surface area contributed by atoms with Crippen molar-refractivity contribution in [3.63, 3.8) is 0 Å². The second-order valence-corrected chi connectivity index (χ2v) is 29.0. The van der Waals surface area contributed by atoms with Gasteiger partial charge in [0.15, 0.2) is 5.58 Å². The van der Waals surface area contributed by atoms with Crippen LogP contribution in [0.25, 0.3) is 132 Å². The summed E-state index contributed by atoms with van der Waals surface area (Å²) < 4.78 is 12.6. The molecule has 0 bridgehead atoms. The molecule has 0 atom stereocenters. The lowest BCUT2D eigenvalue weighted by Gasteiger charge is -2.27. The number of aromatic nitrogens is 2. The summed E-state index contributed by atoms with van der Waals surface area (Å²) >= 11 is 0. The molecule has 2 fully saturated rings. The molecule has 0 unspecified atom stereocenters. The van der Waals surface area contributed by atoms with E-state index in [2.05, 4.69) is 299 Å². The number of nitrogens with zero attached hydrogens (tertiary/aromatic N) is 4. The Bertz CT molecular complexity index is 6220. The van der Waals surface area contributed by atoms with Crippen molar-refractivity contribution >= 4 is 132 Å². The van der Waals surface area contributed by atoms with Crippen molar-refractivity contribution in [2.75, 3.05) is 9.80 Å². The van der Waals surface area contributed by atoms with Crippen molar-refractivity contribution < 1.29 is 4.42 Å². The molecule has 2 saturated carbocycles. The van der Waals surface area contributed by atoms with Crippen LogP contribution >= 0.6 is 0 Å². The van der Waals surface area contributed by atoms with Gasteiger partial charge in [0.05, 0.1) is 38.8 Å². The van der Waals surface area contributed by atoms with Gasteiger partial charge in [-0.05, 0) is 161 Å². The first-order valence-electron chi connectivity index (χ1n) is 35.9. The molecule has 0 radical (unpaired) electrons. The molecule has 21 rings (SSSR count). The Hall–Kier alpha value is -11.1. The summed E-state index contributed by atoms with van der Waals surface area (Å²) in [5.74, 6) is 1.11. The highest BCUT2D eigenvalue weighted by Crippen LogP contribution is 2.58. The maximum atomic E-state index is 7.26. The normalized spacial score (nSPS) is 15.2. The molecule has 18 aromatic rings. The molecular formula is C93H72N4O. The zero-order valence-corrected chi connectivity index (χ0v) is 55.3. The van der Waals surface area contributed by atoms with Crippen molar-refractivity contribution in [3.8, 4) is 33.4 Å². The summed E-state index contributed by atoms with van der Waals surface area (Å²) in [6, 6.07) is 101. The summed E-state index contributed by atoms with van der Waals surface area (Å²) in [4.78, 5) is 4.93. The third-order valence-electron chi connectivity index (χ3n) is 23.5. The Morgan fingerprint density at radius 3 is 1.36 bits per heavy atom. The van der Waals surface area contributed by atoms with E-state index in [1.54, 1.807) is 5.56 Å². The van der Waals surface area contributed by atoms with Gasteiger partial charge in [0.1, 0.15) is 5.58 Å². The summed E-state index contributed by atoms with van der Waals surface area (Å²) in [6.45, 7) is 4.87. The highest BCUT2D eigenvalue weighted by atomic mass is 16.3. The van der Waals surface area contributed by atoms with Crippen LogP contribution in [0.3, 0.4) is 0 Å². The van der Waals surface area contributed by atoms with Crippen molar-refractivity contribution in [1.82, 2.24) is 8.80 Å². The molecular weight excluding hydrogens is 1190 g/mol. The minimum atomic E-state index is -0.0976. The van der Waals surface area contributed by atoms with Crippen molar-refractivity contribution in [1.29, 1.82) is 0 Å². The third-order valence-corrected chi connectivity index (χ3v) is 23.5. The number of hydrogen-bond donors (Lipinski definition) is 0. The van der Waals surface area contributed by atoms with Crippen molar-refractivity contribution in [3.05, 3.63) is 289 Å². The molecule has 3 aliphatic rings. The van der Waals surface area contributed by atoms with E-state index in [1.165, 1.54) is 202 Å². The first-order valence-corrected chi connectivity index (χ1v) is 35.9. The number of anilines is 6. The van der Waals surface area contributed by atoms with Gasteiger partial charge in [-0.15, -0.1) is 0 Å². The van der Waals surface area contributed by atoms with Gasteiger partial charge in [-0.1, -0.05) is 240 Å². The number of fused-ring (bicyclic) bond motifs is 18. The van der Waals surface area contributed by atoms with E-state index >= 15 is 0 Å². The Kier molecular flexibility index (Phi) is 12.3. The molecule has 5 heterocycles.